The fraction of sp³-hybridized carbons (Fsp3) is 0.273. The zero-order chi connectivity index (χ0) is 10.1. The Morgan fingerprint density at radius 2 is 2.07 bits per heavy atom. The third-order valence-corrected chi connectivity index (χ3v) is 3.15. The van der Waals surface area contributed by atoms with Crippen molar-refractivity contribution >= 4 is 22.7 Å². The molecular formula is C11H11NOS. The molecule has 0 atom stereocenters. The lowest BCUT2D eigenvalue weighted by molar-refractivity contribution is 0.268. The van der Waals surface area contributed by atoms with Crippen molar-refractivity contribution in [3.8, 4) is 0 Å². The highest BCUT2D eigenvalue weighted by atomic mass is 32.2. The summed E-state index contributed by atoms with van der Waals surface area (Å²) < 4.78 is 0. The normalized spacial score (nSPS) is 15.9. The van der Waals surface area contributed by atoms with Crippen molar-refractivity contribution in [2.24, 2.45) is 4.99 Å². The van der Waals surface area contributed by atoms with Gasteiger partial charge in [0.25, 0.3) is 0 Å². The van der Waals surface area contributed by atoms with Crippen LogP contribution < -0.4 is 0 Å². The number of rotatable bonds is 1. The predicted octanol–water partition coefficient (Wildman–Crippen LogP) is 2.96. The standard InChI is InChI=1S/C11H11NOS/c1-7-3-4-9(5-8(7)2)10-6-14-11(13)12-10/h3-5H,6H2,1-2H3. The second-order valence-corrected chi connectivity index (χ2v) is 4.34. The summed E-state index contributed by atoms with van der Waals surface area (Å²) >= 11 is 1.27. The Labute approximate surface area is 87.4 Å². The summed E-state index contributed by atoms with van der Waals surface area (Å²) in [6, 6.07) is 6.19. The molecule has 1 amide bonds. The van der Waals surface area contributed by atoms with Crippen LogP contribution in [0.4, 0.5) is 4.79 Å². The average Bonchev–Trinajstić information content (AvgIpc) is 2.57. The maximum absolute atomic E-state index is 11.0. The fourth-order valence-electron chi connectivity index (χ4n) is 1.37. The van der Waals surface area contributed by atoms with Crippen LogP contribution in [0.5, 0.6) is 0 Å². The number of aliphatic imine (C=N–C) groups is 1. The summed E-state index contributed by atoms with van der Waals surface area (Å²) in [5.41, 5.74) is 4.50. The van der Waals surface area contributed by atoms with Crippen LogP contribution in [0.2, 0.25) is 0 Å². The van der Waals surface area contributed by atoms with E-state index in [4.69, 9.17) is 0 Å². The van der Waals surface area contributed by atoms with E-state index in [1.807, 2.05) is 6.07 Å². The minimum absolute atomic E-state index is 0.0711. The number of aryl methyl sites for hydroxylation is 2. The van der Waals surface area contributed by atoms with Gasteiger partial charge in [0.15, 0.2) is 0 Å². The largest absolute Gasteiger partial charge is 0.305 e. The highest BCUT2D eigenvalue weighted by Crippen LogP contribution is 2.20. The molecule has 0 bridgehead atoms. The van der Waals surface area contributed by atoms with Gasteiger partial charge in [-0.15, -0.1) is 0 Å². The Bertz CT molecular complexity index is 423. The van der Waals surface area contributed by atoms with Gasteiger partial charge in [-0.05, 0) is 36.6 Å². The molecular weight excluding hydrogens is 194 g/mol. The first kappa shape index (κ1) is 9.46. The second kappa shape index (κ2) is 3.58. The molecule has 0 aliphatic carbocycles. The number of thioether (sulfide) groups is 1. The third-order valence-electron chi connectivity index (χ3n) is 2.40. The summed E-state index contributed by atoms with van der Waals surface area (Å²) in [7, 11) is 0. The van der Waals surface area contributed by atoms with E-state index in [0.717, 1.165) is 11.3 Å². The molecule has 0 N–H and O–H groups in total. The van der Waals surface area contributed by atoms with E-state index in [1.54, 1.807) is 0 Å². The fourth-order valence-corrected chi connectivity index (χ4v) is 2.04. The minimum Gasteiger partial charge on any atom is -0.259 e. The van der Waals surface area contributed by atoms with Crippen LogP contribution >= 0.6 is 11.8 Å². The number of benzene rings is 1. The van der Waals surface area contributed by atoms with Crippen molar-refractivity contribution in [1.29, 1.82) is 0 Å². The van der Waals surface area contributed by atoms with Crippen LogP contribution in [-0.4, -0.2) is 16.7 Å². The van der Waals surface area contributed by atoms with Gasteiger partial charge < -0.3 is 0 Å². The first-order valence-electron chi connectivity index (χ1n) is 4.49. The topological polar surface area (TPSA) is 29.4 Å². The molecule has 1 aliphatic heterocycles. The van der Waals surface area contributed by atoms with Crippen molar-refractivity contribution in [2.75, 3.05) is 5.75 Å². The Balaban J connectivity index is 2.38. The van der Waals surface area contributed by atoms with E-state index in [1.165, 1.54) is 22.9 Å². The monoisotopic (exact) mass is 205 g/mol. The summed E-state index contributed by atoms with van der Waals surface area (Å²) in [4.78, 5) is 14.9. The summed E-state index contributed by atoms with van der Waals surface area (Å²) in [5, 5.41) is -0.0711. The van der Waals surface area contributed by atoms with E-state index >= 15 is 0 Å². The predicted molar refractivity (Wildman–Crippen MR) is 60.3 cm³/mol. The molecule has 0 unspecified atom stereocenters. The van der Waals surface area contributed by atoms with Crippen LogP contribution in [-0.2, 0) is 0 Å². The number of hydrogen-bond acceptors (Lipinski definition) is 2. The van der Waals surface area contributed by atoms with Gasteiger partial charge in [0, 0.05) is 5.75 Å². The molecule has 1 aromatic rings. The Kier molecular flexibility index (Phi) is 2.42. The molecule has 1 aliphatic rings. The number of amides is 1. The van der Waals surface area contributed by atoms with Gasteiger partial charge in [0.05, 0.1) is 5.71 Å². The molecule has 1 heterocycles. The van der Waals surface area contributed by atoms with Gasteiger partial charge in [-0.1, -0.05) is 23.9 Å². The van der Waals surface area contributed by atoms with E-state index in [-0.39, 0.29) is 5.24 Å². The summed E-state index contributed by atoms with van der Waals surface area (Å²) in [5.74, 6) is 0.710. The van der Waals surface area contributed by atoms with Crippen LogP contribution in [0.25, 0.3) is 0 Å². The zero-order valence-electron chi connectivity index (χ0n) is 8.20. The van der Waals surface area contributed by atoms with Crippen molar-refractivity contribution in [1.82, 2.24) is 0 Å². The molecule has 2 rings (SSSR count). The molecule has 72 valence electrons. The Hall–Kier alpha value is -1.09. The van der Waals surface area contributed by atoms with Crippen LogP contribution in [0, 0.1) is 13.8 Å². The van der Waals surface area contributed by atoms with E-state index < -0.39 is 0 Å². The number of nitrogens with zero attached hydrogens (tertiary/aromatic N) is 1. The number of carbonyl (C=O) groups is 1. The first-order valence-corrected chi connectivity index (χ1v) is 5.47. The maximum Gasteiger partial charge on any atom is 0.305 e. The van der Waals surface area contributed by atoms with Gasteiger partial charge in [0.2, 0.25) is 0 Å². The van der Waals surface area contributed by atoms with Crippen molar-refractivity contribution in [2.45, 2.75) is 13.8 Å². The lowest BCUT2D eigenvalue weighted by Crippen LogP contribution is -2.00. The second-order valence-electron chi connectivity index (χ2n) is 3.41. The van der Waals surface area contributed by atoms with Crippen LogP contribution in [0.1, 0.15) is 16.7 Å². The van der Waals surface area contributed by atoms with Gasteiger partial charge in [-0.2, -0.15) is 0 Å². The van der Waals surface area contributed by atoms with E-state index in [0.29, 0.717) is 5.75 Å². The van der Waals surface area contributed by atoms with Gasteiger partial charge >= 0.3 is 5.24 Å². The minimum atomic E-state index is -0.0711. The molecule has 3 heteroatoms. The molecule has 0 radical (unpaired) electrons. The SMILES string of the molecule is Cc1ccc(C2=NC(=O)SC2)cc1C. The molecule has 0 fully saturated rings. The maximum atomic E-state index is 11.0. The van der Waals surface area contributed by atoms with Gasteiger partial charge in [-0.3, -0.25) is 4.79 Å². The zero-order valence-corrected chi connectivity index (χ0v) is 9.02. The summed E-state index contributed by atoms with van der Waals surface area (Å²) in [6.07, 6.45) is 0. The quantitative estimate of drug-likeness (QED) is 0.705. The Morgan fingerprint density at radius 3 is 2.64 bits per heavy atom. The first-order chi connectivity index (χ1) is 6.66. The van der Waals surface area contributed by atoms with Crippen LogP contribution in [0.3, 0.4) is 0 Å². The van der Waals surface area contributed by atoms with Crippen LogP contribution in [0.15, 0.2) is 23.2 Å². The smallest absolute Gasteiger partial charge is 0.259 e. The Morgan fingerprint density at radius 1 is 1.29 bits per heavy atom. The lowest BCUT2D eigenvalue weighted by atomic mass is 10.0. The molecule has 1 aromatic carbocycles. The molecule has 2 nitrogen and oxygen atoms in total. The molecule has 0 saturated heterocycles. The highest BCUT2D eigenvalue weighted by molar-refractivity contribution is 8.14. The van der Waals surface area contributed by atoms with Gasteiger partial charge in [-0.25, -0.2) is 4.99 Å². The highest BCUT2D eigenvalue weighted by Gasteiger charge is 2.16. The molecule has 0 spiro atoms. The number of hydrogen-bond donors (Lipinski definition) is 0. The van der Waals surface area contributed by atoms with E-state index in [9.17, 15) is 4.79 Å². The van der Waals surface area contributed by atoms with E-state index in [2.05, 4.69) is 31.0 Å². The molecule has 14 heavy (non-hydrogen) atoms. The average molecular weight is 205 g/mol. The van der Waals surface area contributed by atoms with Crippen molar-refractivity contribution < 1.29 is 4.79 Å². The summed E-state index contributed by atoms with van der Waals surface area (Å²) in [6.45, 7) is 4.15. The molecule has 0 aromatic heterocycles. The lowest BCUT2D eigenvalue weighted by Gasteiger charge is -2.03. The molecule has 0 saturated carbocycles. The third kappa shape index (κ3) is 1.73. The number of carbonyl (C=O) groups excluding carboxylic acids is 1. The van der Waals surface area contributed by atoms with Gasteiger partial charge in [0.1, 0.15) is 0 Å². The van der Waals surface area contributed by atoms with Crippen molar-refractivity contribution in [3.63, 3.8) is 0 Å². The van der Waals surface area contributed by atoms with Crippen molar-refractivity contribution in [3.05, 3.63) is 34.9 Å².